The van der Waals surface area contributed by atoms with Crippen LogP contribution in [0.1, 0.15) is 30.5 Å². The van der Waals surface area contributed by atoms with Crippen LogP contribution in [0.5, 0.6) is 0 Å². The Bertz CT molecular complexity index is 890. The minimum absolute atomic E-state index is 0.276. The maximum Gasteiger partial charge on any atom is 0.333 e. The van der Waals surface area contributed by atoms with Crippen molar-refractivity contribution in [1.29, 1.82) is 0 Å². The van der Waals surface area contributed by atoms with Crippen molar-refractivity contribution in [2.45, 2.75) is 38.4 Å². The Labute approximate surface area is 151 Å². The van der Waals surface area contributed by atoms with Gasteiger partial charge in [-0.15, -0.1) is 0 Å². The molecular weight excluding hydrogens is 368 g/mol. The van der Waals surface area contributed by atoms with Gasteiger partial charge in [0.15, 0.2) is 0 Å². The summed E-state index contributed by atoms with van der Waals surface area (Å²) in [5, 5.41) is 12.4. The van der Waals surface area contributed by atoms with E-state index in [1.54, 1.807) is 26.0 Å². The van der Waals surface area contributed by atoms with Gasteiger partial charge >= 0.3 is 6.03 Å². The zero-order valence-electron chi connectivity index (χ0n) is 14.2. The van der Waals surface area contributed by atoms with E-state index in [9.17, 15) is 18.3 Å². The number of sulfonamides is 1. The number of halogens is 1. The number of anilines is 1. The van der Waals surface area contributed by atoms with Crippen LogP contribution in [-0.2, 0) is 15.6 Å². The van der Waals surface area contributed by atoms with Crippen LogP contribution < -0.4 is 10.0 Å². The highest BCUT2D eigenvalue weighted by Gasteiger charge is 2.26. The lowest BCUT2D eigenvalue weighted by atomic mass is 10.0. The van der Waals surface area contributed by atoms with Gasteiger partial charge in [-0.25, -0.2) is 9.52 Å². The zero-order valence-corrected chi connectivity index (χ0v) is 15.7. The summed E-state index contributed by atoms with van der Waals surface area (Å²) in [5.41, 5.74) is 0.864. The van der Waals surface area contributed by atoms with Crippen LogP contribution in [0, 0.1) is 13.8 Å². The normalized spacial score (nSPS) is 12.1. The first kappa shape index (κ1) is 19.3. The number of aryl methyl sites for hydroxylation is 2. The van der Waals surface area contributed by atoms with E-state index in [1.807, 2.05) is 4.72 Å². The van der Waals surface area contributed by atoms with Crippen molar-refractivity contribution in [3.05, 3.63) is 46.2 Å². The fourth-order valence-electron chi connectivity index (χ4n) is 2.20. The van der Waals surface area contributed by atoms with Crippen molar-refractivity contribution in [3.63, 3.8) is 0 Å². The van der Waals surface area contributed by atoms with Gasteiger partial charge in [0.2, 0.25) is 5.09 Å². The van der Waals surface area contributed by atoms with Crippen LogP contribution in [0.4, 0.5) is 10.5 Å². The molecule has 7 nitrogen and oxygen atoms in total. The third-order valence-corrected chi connectivity index (χ3v) is 4.93. The predicted octanol–water partition coefficient (Wildman–Crippen LogP) is 3.29. The highest BCUT2D eigenvalue weighted by Crippen LogP contribution is 2.26. The molecule has 1 heterocycles. The summed E-state index contributed by atoms with van der Waals surface area (Å²) in [5.74, 6) is 0. The van der Waals surface area contributed by atoms with Crippen molar-refractivity contribution in [2.75, 3.05) is 5.32 Å². The molecule has 2 rings (SSSR count). The molecule has 3 N–H and O–H groups in total. The molecule has 0 bridgehead atoms. The fraction of sp³-hybridized carbons (Fsp3) is 0.312. The number of carbonyl (C=O) groups is 1. The number of carbonyl (C=O) groups excluding carboxylic acids is 1. The van der Waals surface area contributed by atoms with Crippen LogP contribution in [0.3, 0.4) is 0 Å². The topological polar surface area (TPSA) is 109 Å². The van der Waals surface area contributed by atoms with Gasteiger partial charge in [0, 0.05) is 22.3 Å². The number of nitrogens with one attached hydrogen (secondary N) is 2. The first-order valence-corrected chi connectivity index (χ1v) is 9.18. The molecule has 2 aromatic rings. The van der Waals surface area contributed by atoms with Gasteiger partial charge in [-0.2, -0.15) is 8.42 Å². The van der Waals surface area contributed by atoms with E-state index in [1.165, 1.54) is 13.8 Å². The molecule has 0 aliphatic heterocycles. The summed E-state index contributed by atoms with van der Waals surface area (Å²) in [6.45, 7) is 6.46. The quantitative estimate of drug-likeness (QED) is 0.747. The van der Waals surface area contributed by atoms with Gasteiger partial charge in [-0.3, -0.25) is 0 Å². The van der Waals surface area contributed by atoms with Crippen molar-refractivity contribution >= 4 is 33.3 Å². The Morgan fingerprint density at radius 1 is 1.20 bits per heavy atom. The van der Waals surface area contributed by atoms with Gasteiger partial charge in [-0.05, 0) is 51.0 Å². The van der Waals surface area contributed by atoms with Crippen molar-refractivity contribution in [2.24, 2.45) is 0 Å². The summed E-state index contributed by atoms with van der Waals surface area (Å²) in [6.07, 6.45) is 1.12. The second kappa shape index (κ2) is 6.70. The molecule has 0 saturated carbocycles. The lowest BCUT2D eigenvalue weighted by Gasteiger charge is -2.13. The largest absolute Gasteiger partial charge is 0.451 e. The molecule has 136 valence electrons. The number of amides is 2. The number of urea groups is 1. The number of hydrogen-bond acceptors (Lipinski definition) is 5. The van der Waals surface area contributed by atoms with Crippen LogP contribution in [-0.4, -0.2) is 19.6 Å². The summed E-state index contributed by atoms with van der Waals surface area (Å²) in [6, 6.07) is 3.53. The Morgan fingerprint density at radius 3 is 2.24 bits per heavy atom. The highest BCUT2D eigenvalue weighted by molar-refractivity contribution is 7.89. The van der Waals surface area contributed by atoms with Crippen LogP contribution in [0.15, 0.2) is 34.0 Å². The summed E-state index contributed by atoms with van der Waals surface area (Å²) < 4.78 is 31.3. The summed E-state index contributed by atoms with van der Waals surface area (Å²) >= 11 is 5.93. The van der Waals surface area contributed by atoms with E-state index in [0.29, 0.717) is 21.8 Å². The van der Waals surface area contributed by atoms with Crippen molar-refractivity contribution in [3.8, 4) is 0 Å². The van der Waals surface area contributed by atoms with Crippen LogP contribution in [0.2, 0.25) is 5.02 Å². The first-order valence-electron chi connectivity index (χ1n) is 7.32. The molecule has 9 heteroatoms. The Kier molecular flexibility index (Phi) is 5.17. The molecule has 1 aromatic carbocycles. The predicted molar refractivity (Wildman–Crippen MR) is 94.2 cm³/mol. The molecule has 0 atom stereocenters. The summed E-state index contributed by atoms with van der Waals surface area (Å²) in [7, 11) is -4.22. The molecule has 0 aliphatic carbocycles. The highest BCUT2D eigenvalue weighted by atomic mass is 35.5. The Balaban J connectivity index is 2.18. The molecule has 25 heavy (non-hydrogen) atoms. The molecule has 1 aromatic heterocycles. The monoisotopic (exact) mass is 386 g/mol. The third-order valence-electron chi connectivity index (χ3n) is 3.51. The molecular formula is C16H19ClN2O5S. The average Bonchev–Trinajstić information content (AvgIpc) is 2.92. The molecule has 0 fully saturated rings. The molecule has 0 aliphatic rings. The molecule has 0 spiro atoms. The van der Waals surface area contributed by atoms with Crippen molar-refractivity contribution in [1.82, 2.24) is 4.72 Å². The number of benzene rings is 1. The summed E-state index contributed by atoms with van der Waals surface area (Å²) in [4.78, 5) is 12.1. The van der Waals surface area contributed by atoms with Gasteiger partial charge in [0.25, 0.3) is 10.0 Å². The van der Waals surface area contributed by atoms with Crippen molar-refractivity contribution < 1.29 is 22.7 Å². The van der Waals surface area contributed by atoms with E-state index < -0.39 is 26.7 Å². The smallest absolute Gasteiger partial charge is 0.333 e. The maximum absolute atomic E-state index is 12.2. The second-order valence-electron chi connectivity index (χ2n) is 6.19. The fourth-order valence-corrected chi connectivity index (χ4v) is 3.38. The van der Waals surface area contributed by atoms with Gasteiger partial charge in [-0.1, -0.05) is 11.6 Å². The van der Waals surface area contributed by atoms with E-state index in [-0.39, 0.29) is 5.56 Å². The van der Waals surface area contributed by atoms with E-state index in [2.05, 4.69) is 5.32 Å². The molecule has 2 amide bonds. The Hall–Kier alpha value is -2.03. The Morgan fingerprint density at radius 2 is 1.76 bits per heavy atom. The molecule has 0 radical (unpaired) electrons. The van der Waals surface area contributed by atoms with Crippen LogP contribution >= 0.6 is 11.6 Å². The second-order valence-corrected chi connectivity index (χ2v) is 8.24. The number of furan rings is 1. The lowest BCUT2D eigenvalue weighted by Crippen LogP contribution is -2.34. The molecule has 0 saturated heterocycles. The molecule has 0 unspecified atom stereocenters. The van der Waals surface area contributed by atoms with Gasteiger partial charge in [0.05, 0.1) is 11.9 Å². The zero-order chi connectivity index (χ0) is 19.0. The van der Waals surface area contributed by atoms with Gasteiger partial charge in [0.1, 0.15) is 0 Å². The third kappa shape index (κ3) is 4.53. The average molecular weight is 387 g/mol. The van der Waals surface area contributed by atoms with Gasteiger partial charge < -0.3 is 14.8 Å². The van der Waals surface area contributed by atoms with Crippen LogP contribution in [0.25, 0.3) is 0 Å². The standard InChI is InChI=1S/C16H19ClN2O5S/c1-9-5-12(17)6-10(2)14(9)18-15(20)19-25(22,23)13-7-11(8-24-13)16(3,4)21/h5-8,21H,1-4H3,(H2,18,19,20). The first-order chi connectivity index (χ1) is 11.4. The number of hydrogen-bond donors (Lipinski definition) is 3. The van der Waals surface area contributed by atoms with E-state index >= 15 is 0 Å². The minimum Gasteiger partial charge on any atom is -0.451 e. The van der Waals surface area contributed by atoms with E-state index in [4.69, 9.17) is 16.0 Å². The van der Waals surface area contributed by atoms with E-state index in [0.717, 1.165) is 12.3 Å². The SMILES string of the molecule is Cc1cc(Cl)cc(C)c1NC(=O)NS(=O)(=O)c1cc(C(C)(C)O)co1. The lowest BCUT2D eigenvalue weighted by molar-refractivity contribution is 0.0779. The number of rotatable bonds is 4. The maximum atomic E-state index is 12.2. The number of aliphatic hydroxyl groups is 1. The minimum atomic E-state index is -4.22.